The van der Waals surface area contributed by atoms with Crippen LogP contribution in [0.4, 0.5) is 5.13 Å². The quantitative estimate of drug-likeness (QED) is 0.370. The van der Waals surface area contributed by atoms with Gasteiger partial charge in [0, 0.05) is 25.4 Å². The molecule has 1 heterocycles. The van der Waals surface area contributed by atoms with Crippen molar-refractivity contribution in [2.24, 2.45) is 10.7 Å². The van der Waals surface area contributed by atoms with Crippen molar-refractivity contribution in [1.82, 2.24) is 10.3 Å². The van der Waals surface area contributed by atoms with Crippen LogP contribution in [0, 0.1) is 0 Å². The van der Waals surface area contributed by atoms with E-state index in [4.69, 9.17) is 5.73 Å². The number of aromatic nitrogens is 1. The Bertz CT molecular complexity index is 458. The number of nitrogens with one attached hydrogen (secondary N) is 2. The maximum Gasteiger partial charge on any atom is 0.216 e. The normalized spacial score (nSPS) is 11.4. The zero-order valence-electron chi connectivity index (χ0n) is 12.8. The van der Waals surface area contributed by atoms with E-state index in [0.717, 1.165) is 56.0 Å². The van der Waals surface area contributed by atoms with Crippen LogP contribution in [0.3, 0.4) is 0 Å². The molecule has 0 aliphatic heterocycles. The number of nitrogens with two attached hydrogens (primary N) is 1. The molecule has 0 saturated carbocycles. The van der Waals surface area contributed by atoms with E-state index in [1.165, 1.54) is 18.3 Å². The van der Waals surface area contributed by atoms with Gasteiger partial charge in [-0.1, -0.05) is 13.3 Å². The lowest BCUT2D eigenvalue weighted by Crippen LogP contribution is -2.22. The molecule has 6 nitrogen and oxygen atoms in total. The fraction of sp³-hybridized carbons (Fsp3) is 0.643. The first kappa shape index (κ1) is 17.4. The Labute approximate surface area is 130 Å². The first-order chi connectivity index (χ1) is 10.1. The second-order valence-corrected chi connectivity index (χ2v) is 5.69. The van der Waals surface area contributed by atoms with Gasteiger partial charge >= 0.3 is 0 Å². The Balaban J connectivity index is 2.26. The number of guanidine groups is 1. The lowest BCUT2D eigenvalue weighted by Gasteiger charge is -2.01. The minimum absolute atomic E-state index is 0.0213. The molecule has 4 N–H and O–H groups in total. The summed E-state index contributed by atoms with van der Waals surface area (Å²) in [6.45, 7) is 5.13. The van der Waals surface area contributed by atoms with Crippen LogP contribution in [-0.4, -0.2) is 29.9 Å². The van der Waals surface area contributed by atoms with E-state index in [0.29, 0.717) is 5.96 Å². The van der Waals surface area contributed by atoms with E-state index in [2.05, 4.69) is 27.5 Å². The van der Waals surface area contributed by atoms with Gasteiger partial charge in [-0.3, -0.25) is 9.79 Å². The summed E-state index contributed by atoms with van der Waals surface area (Å²) in [6.07, 6.45) is 5.02. The molecule has 7 heteroatoms. The van der Waals surface area contributed by atoms with Crippen molar-refractivity contribution in [2.75, 3.05) is 18.4 Å². The lowest BCUT2D eigenvalue weighted by atomic mass is 10.2. The summed E-state index contributed by atoms with van der Waals surface area (Å²) in [6, 6.07) is 0. The molecule has 0 aromatic carbocycles. The molecule has 1 amide bonds. The largest absolute Gasteiger partial charge is 0.370 e. The number of carbonyl (C=O) groups is 1. The van der Waals surface area contributed by atoms with Crippen LogP contribution in [0.15, 0.2) is 10.4 Å². The van der Waals surface area contributed by atoms with Crippen LogP contribution >= 0.6 is 11.3 Å². The highest BCUT2D eigenvalue weighted by Crippen LogP contribution is 2.16. The first-order valence-corrected chi connectivity index (χ1v) is 8.25. The second kappa shape index (κ2) is 10.1. The Morgan fingerprint density at radius 3 is 2.95 bits per heavy atom. The predicted octanol–water partition coefficient (Wildman–Crippen LogP) is 2.13. The zero-order chi connectivity index (χ0) is 15.5. The number of thiazole rings is 1. The smallest absolute Gasteiger partial charge is 0.216 e. The number of aryl methyl sites for hydroxylation is 1. The molecule has 1 aromatic rings. The highest BCUT2D eigenvalue weighted by molar-refractivity contribution is 7.13. The van der Waals surface area contributed by atoms with Crippen molar-refractivity contribution >= 4 is 28.3 Å². The number of nitrogens with zero attached hydrogens (tertiary/aromatic N) is 2. The molecular formula is C14H25N5OS. The molecule has 0 fully saturated rings. The molecule has 0 atom stereocenters. The number of carbonyl (C=O) groups excluding carboxylic acids is 1. The van der Waals surface area contributed by atoms with Gasteiger partial charge in [-0.15, -0.1) is 11.3 Å². The standard InChI is InChI=1S/C14H25N5OS/c1-3-4-8-17-13(15)19-14-18-12(10-21-14)7-5-6-9-16-11(2)20/h10H,3-9H2,1-2H3,(H,16,20)(H3,15,17,18,19). The number of hydrogen-bond acceptors (Lipinski definition) is 4. The van der Waals surface area contributed by atoms with Gasteiger partial charge in [-0.05, 0) is 25.7 Å². The Kier molecular flexibility index (Phi) is 8.42. The number of rotatable bonds is 9. The van der Waals surface area contributed by atoms with E-state index in [-0.39, 0.29) is 5.91 Å². The van der Waals surface area contributed by atoms with Gasteiger partial charge in [0.15, 0.2) is 11.1 Å². The van der Waals surface area contributed by atoms with Crippen molar-refractivity contribution in [2.45, 2.75) is 46.0 Å². The Morgan fingerprint density at radius 2 is 2.24 bits per heavy atom. The van der Waals surface area contributed by atoms with Crippen LogP contribution in [0.5, 0.6) is 0 Å². The molecule has 0 aliphatic carbocycles. The third-order valence-electron chi connectivity index (χ3n) is 2.81. The molecular weight excluding hydrogens is 286 g/mol. The van der Waals surface area contributed by atoms with E-state index < -0.39 is 0 Å². The number of hydrogen-bond donors (Lipinski definition) is 3. The Morgan fingerprint density at radius 1 is 1.43 bits per heavy atom. The molecule has 0 saturated heterocycles. The van der Waals surface area contributed by atoms with Crippen molar-refractivity contribution < 1.29 is 4.79 Å². The summed E-state index contributed by atoms with van der Waals surface area (Å²) in [5.41, 5.74) is 6.84. The van der Waals surface area contributed by atoms with Gasteiger partial charge in [-0.25, -0.2) is 4.98 Å². The zero-order valence-corrected chi connectivity index (χ0v) is 13.6. The highest BCUT2D eigenvalue weighted by atomic mass is 32.1. The number of unbranched alkanes of at least 4 members (excludes halogenated alkanes) is 2. The van der Waals surface area contributed by atoms with E-state index >= 15 is 0 Å². The Hall–Kier alpha value is -1.63. The molecule has 0 aliphatic rings. The first-order valence-electron chi connectivity index (χ1n) is 7.37. The summed E-state index contributed by atoms with van der Waals surface area (Å²) in [5.74, 6) is 0.447. The van der Waals surface area contributed by atoms with Crippen LogP contribution in [0.25, 0.3) is 0 Å². The average Bonchev–Trinajstić information content (AvgIpc) is 2.86. The van der Waals surface area contributed by atoms with Gasteiger partial charge in [-0.2, -0.15) is 0 Å². The van der Waals surface area contributed by atoms with E-state index in [1.54, 1.807) is 0 Å². The monoisotopic (exact) mass is 311 g/mol. The van der Waals surface area contributed by atoms with Crippen molar-refractivity contribution in [3.05, 3.63) is 11.1 Å². The summed E-state index contributed by atoms with van der Waals surface area (Å²) >= 11 is 1.53. The molecule has 1 rings (SSSR count). The fourth-order valence-corrected chi connectivity index (χ4v) is 2.43. The minimum atomic E-state index is 0.0213. The van der Waals surface area contributed by atoms with Gasteiger partial charge in [0.2, 0.25) is 5.91 Å². The molecule has 0 spiro atoms. The van der Waals surface area contributed by atoms with Gasteiger partial charge in [0.25, 0.3) is 0 Å². The number of anilines is 1. The molecule has 118 valence electrons. The minimum Gasteiger partial charge on any atom is -0.370 e. The second-order valence-electron chi connectivity index (χ2n) is 4.83. The fourth-order valence-electron chi connectivity index (χ4n) is 1.68. The molecule has 21 heavy (non-hydrogen) atoms. The highest BCUT2D eigenvalue weighted by Gasteiger charge is 2.03. The molecule has 1 aromatic heterocycles. The van der Waals surface area contributed by atoms with Crippen LogP contribution in [-0.2, 0) is 11.2 Å². The van der Waals surface area contributed by atoms with Crippen molar-refractivity contribution in [3.8, 4) is 0 Å². The van der Waals surface area contributed by atoms with Gasteiger partial charge < -0.3 is 16.4 Å². The SMILES string of the molecule is CCCCN=C(N)Nc1nc(CCCCNC(C)=O)cs1. The third-order valence-corrected chi connectivity index (χ3v) is 3.62. The molecule has 0 unspecified atom stereocenters. The number of amides is 1. The van der Waals surface area contributed by atoms with Gasteiger partial charge in [0.1, 0.15) is 0 Å². The van der Waals surface area contributed by atoms with E-state index in [9.17, 15) is 4.79 Å². The average molecular weight is 311 g/mol. The molecule has 0 radical (unpaired) electrons. The van der Waals surface area contributed by atoms with Crippen LogP contribution in [0.2, 0.25) is 0 Å². The topological polar surface area (TPSA) is 92.4 Å². The van der Waals surface area contributed by atoms with Crippen LogP contribution < -0.4 is 16.4 Å². The van der Waals surface area contributed by atoms with Crippen molar-refractivity contribution in [3.63, 3.8) is 0 Å². The summed E-state index contributed by atoms with van der Waals surface area (Å²) < 4.78 is 0. The summed E-state index contributed by atoms with van der Waals surface area (Å²) in [4.78, 5) is 19.4. The van der Waals surface area contributed by atoms with Crippen LogP contribution in [0.1, 0.15) is 45.2 Å². The maximum absolute atomic E-state index is 10.7. The summed E-state index contributed by atoms with van der Waals surface area (Å²) in [7, 11) is 0. The third kappa shape index (κ3) is 8.29. The summed E-state index contributed by atoms with van der Waals surface area (Å²) in [5, 5.41) is 8.61. The number of aliphatic imine (C=N–C) groups is 1. The predicted molar refractivity (Wildman–Crippen MR) is 88.8 cm³/mol. The van der Waals surface area contributed by atoms with Gasteiger partial charge in [0.05, 0.1) is 5.69 Å². The molecule has 0 bridgehead atoms. The van der Waals surface area contributed by atoms with E-state index in [1.807, 2.05) is 5.38 Å². The lowest BCUT2D eigenvalue weighted by molar-refractivity contribution is -0.118. The van der Waals surface area contributed by atoms with Crippen molar-refractivity contribution in [1.29, 1.82) is 0 Å². The maximum atomic E-state index is 10.7.